The van der Waals surface area contributed by atoms with Gasteiger partial charge in [0, 0.05) is 30.7 Å². The Morgan fingerprint density at radius 3 is 2.93 bits per heavy atom. The van der Waals surface area contributed by atoms with Crippen molar-refractivity contribution in [3.8, 4) is 0 Å². The van der Waals surface area contributed by atoms with Crippen LogP contribution in [0.3, 0.4) is 0 Å². The zero-order valence-electron chi connectivity index (χ0n) is 16.9. The van der Waals surface area contributed by atoms with Crippen LogP contribution < -0.4 is 5.32 Å². The largest absolute Gasteiger partial charge is 0.339 e. The van der Waals surface area contributed by atoms with Crippen molar-refractivity contribution >= 4 is 35.0 Å². The Morgan fingerprint density at radius 2 is 2.20 bits per heavy atom. The fourth-order valence-corrected chi connectivity index (χ4v) is 4.12. The van der Waals surface area contributed by atoms with Gasteiger partial charge >= 0.3 is 0 Å². The molecule has 1 unspecified atom stereocenters. The maximum absolute atomic E-state index is 12.6. The molecule has 0 saturated carbocycles. The van der Waals surface area contributed by atoms with Gasteiger partial charge in [0.1, 0.15) is 11.6 Å². The van der Waals surface area contributed by atoms with Crippen LogP contribution in [0, 0.1) is 12.8 Å². The summed E-state index contributed by atoms with van der Waals surface area (Å²) in [5, 5.41) is 6.10. The van der Waals surface area contributed by atoms with E-state index < -0.39 is 0 Å². The van der Waals surface area contributed by atoms with Gasteiger partial charge in [0.25, 0.3) is 0 Å². The first-order valence-corrected chi connectivity index (χ1v) is 10.9. The third kappa shape index (κ3) is 5.48. The molecule has 0 spiro atoms. The van der Waals surface area contributed by atoms with Crippen LogP contribution in [0.25, 0.3) is 6.08 Å². The maximum Gasteiger partial charge on any atom is 0.246 e. The molecule has 1 amide bonds. The molecule has 1 aliphatic heterocycles. The van der Waals surface area contributed by atoms with Gasteiger partial charge in [-0.15, -0.1) is 11.3 Å². The summed E-state index contributed by atoms with van der Waals surface area (Å²) in [6.07, 6.45) is 11.6. The Kier molecular flexibility index (Phi) is 6.44. The van der Waals surface area contributed by atoms with E-state index in [1.165, 1.54) is 0 Å². The number of rotatable bonds is 6. The van der Waals surface area contributed by atoms with Gasteiger partial charge in [0.2, 0.25) is 5.91 Å². The van der Waals surface area contributed by atoms with Crippen molar-refractivity contribution in [2.45, 2.75) is 26.2 Å². The molecule has 0 bridgehead atoms. The number of hydrogen-bond acceptors (Lipinski definition) is 7. The van der Waals surface area contributed by atoms with Crippen LogP contribution in [0.1, 0.15) is 29.2 Å². The fourth-order valence-electron chi connectivity index (χ4n) is 3.54. The molecule has 3 aromatic heterocycles. The Morgan fingerprint density at radius 1 is 1.27 bits per heavy atom. The third-order valence-corrected chi connectivity index (χ3v) is 5.78. The highest BCUT2D eigenvalue weighted by atomic mass is 32.1. The summed E-state index contributed by atoms with van der Waals surface area (Å²) < 4.78 is 0. The SMILES string of the molecule is Cc1nc(/C=C/C(=O)N2CCCC(Cc3cnc(Nc4ccccn4)cn3)C2)cs1. The molecule has 154 valence electrons. The molecule has 1 N–H and O–H groups in total. The van der Waals surface area contributed by atoms with Crippen molar-refractivity contribution in [1.29, 1.82) is 0 Å². The summed E-state index contributed by atoms with van der Waals surface area (Å²) >= 11 is 1.59. The van der Waals surface area contributed by atoms with Crippen molar-refractivity contribution in [2.24, 2.45) is 5.92 Å². The van der Waals surface area contributed by atoms with Gasteiger partial charge in [-0.05, 0) is 50.3 Å². The van der Waals surface area contributed by atoms with Crippen LogP contribution >= 0.6 is 11.3 Å². The topological polar surface area (TPSA) is 83.9 Å². The molecule has 1 fully saturated rings. The Bertz CT molecular complexity index is 1000. The van der Waals surface area contributed by atoms with Crippen LogP contribution in [0.2, 0.25) is 0 Å². The molecule has 4 heterocycles. The Hall–Kier alpha value is -3.13. The summed E-state index contributed by atoms with van der Waals surface area (Å²) in [7, 11) is 0. The summed E-state index contributed by atoms with van der Waals surface area (Å²) in [5.74, 6) is 1.84. The highest BCUT2D eigenvalue weighted by Crippen LogP contribution is 2.21. The van der Waals surface area contributed by atoms with E-state index in [0.29, 0.717) is 11.7 Å². The number of anilines is 2. The molecule has 7 nitrogen and oxygen atoms in total. The average molecular weight is 421 g/mol. The molecule has 0 aromatic carbocycles. The summed E-state index contributed by atoms with van der Waals surface area (Å²) in [4.78, 5) is 32.1. The Labute approximate surface area is 179 Å². The zero-order valence-corrected chi connectivity index (χ0v) is 17.7. The van der Waals surface area contributed by atoms with Gasteiger partial charge in [-0.1, -0.05) is 6.07 Å². The molecular formula is C22H24N6OS. The van der Waals surface area contributed by atoms with Crippen molar-refractivity contribution in [3.05, 3.63) is 64.6 Å². The Balaban J connectivity index is 1.31. The quantitative estimate of drug-likeness (QED) is 0.610. The van der Waals surface area contributed by atoms with Crippen LogP contribution in [0.5, 0.6) is 0 Å². The van der Waals surface area contributed by atoms with E-state index in [1.807, 2.05) is 35.4 Å². The number of aromatic nitrogens is 4. The minimum absolute atomic E-state index is 0.0475. The highest BCUT2D eigenvalue weighted by molar-refractivity contribution is 7.09. The predicted octanol–water partition coefficient (Wildman–Crippen LogP) is 3.87. The van der Waals surface area contributed by atoms with Crippen LogP contribution in [-0.4, -0.2) is 43.8 Å². The minimum Gasteiger partial charge on any atom is -0.339 e. The van der Waals surface area contributed by atoms with Gasteiger partial charge < -0.3 is 10.2 Å². The number of nitrogens with one attached hydrogen (secondary N) is 1. The lowest BCUT2D eigenvalue weighted by Gasteiger charge is -2.32. The second-order valence-corrected chi connectivity index (χ2v) is 8.42. The second kappa shape index (κ2) is 9.58. The number of piperidine rings is 1. The number of pyridine rings is 1. The zero-order chi connectivity index (χ0) is 20.8. The van der Waals surface area contributed by atoms with E-state index in [-0.39, 0.29) is 5.91 Å². The lowest BCUT2D eigenvalue weighted by Crippen LogP contribution is -2.39. The summed E-state index contributed by atoms with van der Waals surface area (Å²) in [5.41, 5.74) is 1.78. The number of aryl methyl sites for hydroxylation is 1. The summed E-state index contributed by atoms with van der Waals surface area (Å²) in [6, 6.07) is 5.67. The van der Waals surface area contributed by atoms with Crippen molar-refractivity contribution in [1.82, 2.24) is 24.8 Å². The first-order valence-electron chi connectivity index (χ1n) is 10.0. The molecule has 0 aliphatic carbocycles. The number of likely N-dealkylation sites (tertiary alicyclic amines) is 1. The molecular weight excluding hydrogens is 396 g/mol. The smallest absolute Gasteiger partial charge is 0.246 e. The van der Waals surface area contributed by atoms with Crippen molar-refractivity contribution < 1.29 is 4.79 Å². The van der Waals surface area contributed by atoms with Gasteiger partial charge in [-0.2, -0.15) is 0 Å². The monoisotopic (exact) mass is 420 g/mol. The highest BCUT2D eigenvalue weighted by Gasteiger charge is 2.23. The van der Waals surface area contributed by atoms with Gasteiger partial charge in [0.05, 0.1) is 28.8 Å². The number of thiazole rings is 1. The van der Waals surface area contributed by atoms with Gasteiger partial charge in [-0.25, -0.2) is 15.0 Å². The number of nitrogens with zero attached hydrogens (tertiary/aromatic N) is 5. The second-order valence-electron chi connectivity index (χ2n) is 7.35. The molecule has 4 rings (SSSR count). The minimum atomic E-state index is 0.0475. The number of carbonyl (C=O) groups excluding carboxylic acids is 1. The van der Waals surface area contributed by atoms with Gasteiger partial charge in [0.15, 0.2) is 0 Å². The van der Waals surface area contributed by atoms with Crippen LogP contribution in [-0.2, 0) is 11.2 Å². The molecule has 3 aromatic rings. The summed E-state index contributed by atoms with van der Waals surface area (Å²) in [6.45, 7) is 3.51. The number of hydrogen-bond donors (Lipinski definition) is 1. The molecule has 8 heteroatoms. The van der Waals surface area contributed by atoms with E-state index in [0.717, 1.165) is 54.6 Å². The van der Waals surface area contributed by atoms with Crippen LogP contribution in [0.4, 0.5) is 11.6 Å². The van der Waals surface area contributed by atoms with Crippen LogP contribution in [0.15, 0.2) is 48.2 Å². The standard InChI is InChI=1S/C22H24N6OS/c1-16-26-18(15-30-16)7-8-22(29)28-10-4-5-17(14-28)11-19-12-25-21(13-24-19)27-20-6-2-3-9-23-20/h2-3,6-9,12-13,15,17H,4-5,10-11,14H2,1H3,(H,23,25,27)/b8-7+. The molecule has 0 radical (unpaired) electrons. The number of amides is 1. The lowest BCUT2D eigenvalue weighted by atomic mass is 9.93. The maximum atomic E-state index is 12.6. The van der Waals surface area contributed by atoms with E-state index in [1.54, 1.807) is 42.1 Å². The van der Waals surface area contributed by atoms with E-state index in [4.69, 9.17) is 0 Å². The van der Waals surface area contributed by atoms with E-state index in [9.17, 15) is 4.79 Å². The lowest BCUT2D eigenvalue weighted by molar-refractivity contribution is -0.127. The van der Waals surface area contributed by atoms with Gasteiger partial charge in [-0.3, -0.25) is 9.78 Å². The molecule has 1 aliphatic rings. The van der Waals surface area contributed by atoms with E-state index in [2.05, 4.69) is 25.3 Å². The number of carbonyl (C=O) groups is 1. The molecule has 1 atom stereocenters. The van der Waals surface area contributed by atoms with Crippen molar-refractivity contribution in [2.75, 3.05) is 18.4 Å². The normalized spacial score (nSPS) is 16.7. The first-order chi connectivity index (χ1) is 14.7. The molecule has 1 saturated heterocycles. The first kappa shape index (κ1) is 20.2. The average Bonchev–Trinajstić information content (AvgIpc) is 3.19. The fraction of sp³-hybridized carbons (Fsp3) is 0.318. The third-order valence-electron chi connectivity index (χ3n) is 4.99. The molecule has 30 heavy (non-hydrogen) atoms. The predicted molar refractivity (Wildman–Crippen MR) is 118 cm³/mol. The van der Waals surface area contributed by atoms with E-state index >= 15 is 0 Å². The van der Waals surface area contributed by atoms with Crippen molar-refractivity contribution in [3.63, 3.8) is 0 Å².